The smallest absolute Gasteiger partial charge is 0.331 e. The van der Waals surface area contributed by atoms with Crippen molar-refractivity contribution in [3.8, 4) is 23.0 Å². The van der Waals surface area contributed by atoms with Crippen molar-refractivity contribution in [2.24, 2.45) is 0 Å². The number of carbonyl (C=O) groups excluding carboxylic acids is 2. The Hall–Kier alpha value is -4.66. The maximum Gasteiger partial charge on any atom is 0.331 e. The molecule has 2 atom stereocenters. The normalized spacial score (nSPS) is 18.8. The van der Waals surface area contributed by atoms with Crippen LogP contribution in [0.4, 0.5) is 0 Å². The fraction of sp³-hybridized carbons (Fsp3) is 0.500. The summed E-state index contributed by atoms with van der Waals surface area (Å²) in [5.74, 6) is 1.50. The third-order valence-corrected chi connectivity index (χ3v) is 11.5. The van der Waals surface area contributed by atoms with E-state index in [1.807, 2.05) is 42.5 Å². The molecule has 13 nitrogen and oxygen atoms in total. The fourth-order valence-corrected chi connectivity index (χ4v) is 8.24. The van der Waals surface area contributed by atoms with Crippen molar-refractivity contribution in [2.75, 3.05) is 94.6 Å². The summed E-state index contributed by atoms with van der Waals surface area (Å²) in [6.07, 6.45) is 5.02. The third kappa shape index (κ3) is 11.3. The molecule has 3 aromatic carbocycles. The molecule has 0 amide bonds. The van der Waals surface area contributed by atoms with Gasteiger partial charge in [0.25, 0.3) is 0 Å². The minimum atomic E-state index is -0.600. The average Bonchev–Trinajstić information content (AvgIpc) is 3.24. The number of hydrogen-bond acceptors (Lipinski definition) is 11. The monoisotopic (exact) mass is 792 g/mol. The first-order valence-electron chi connectivity index (χ1n) is 19.7. The Morgan fingerprint density at radius 1 is 0.719 bits per heavy atom. The van der Waals surface area contributed by atoms with Crippen molar-refractivity contribution in [3.05, 3.63) is 94.1 Å². The van der Waals surface area contributed by atoms with E-state index in [9.17, 15) is 19.8 Å². The van der Waals surface area contributed by atoms with Crippen LogP contribution in [0.5, 0.6) is 23.0 Å². The Balaban J connectivity index is 1.12. The molecule has 2 aliphatic rings. The number of nitrogens with zero attached hydrogens (tertiary/aromatic N) is 2. The number of morpholine rings is 1. The highest BCUT2D eigenvalue weighted by molar-refractivity contribution is 5.91. The molecule has 57 heavy (non-hydrogen) atoms. The number of likely N-dealkylation sites (N-methyl/N-ethyl adjacent to an activating group) is 1. The number of carbonyl (C=O) groups is 2. The standard InChI is InChI=1S/C44H60N2O11/c1-45(17-14-34-27-35(30-47)36(31-48)28-37(34)38(45)24-32-8-10-39(51-2)41(25-32)53-4)15-6-20-56-43(49)12-13-44(50)57-21-7-16-46(18-22-55-23-19-46)29-33-9-11-40(52-3)42(26-33)54-5/h8-13,25-28,38,47-48H,6-7,14-24,29-31H2,1-5H3/q+2/t38-,45-/m1/s1. The van der Waals surface area contributed by atoms with E-state index in [-0.39, 0.29) is 32.5 Å². The highest BCUT2D eigenvalue weighted by Gasteiger charge is 2.39. The number of esters is 2. The van der Waals surface area contributed by atoms with Gasteiger partial charge in [0.05, 0.1) is 94.8 Å². The van der Waals surface area contributed by atoms with Gasteiger partial charge in [-0.2, -0.15) is 0 Å². The Kier molecular flexibility index (Phi) is 15.8. The molecule has 0 radical (unpaired) electrons. The Morgan fingerprint density at radius 3 is 1.84 bits per heavy atom. The van der Waals surface area contributed by atoms with Crippen LogP contribution in [0.2, 0.25) is 0 Å². The minimum absolute atomic E-state index is 0.0290. The van der Waals surface area contributed by atoms with Crippen molar-refractivity contribution in [3.63, 3.8) is 0 Å². The molecule has 310 valence electrons. The minimum Gasteiger partial charge on any atom is -0.493 e. The molecule has 0 saturated carbocycles. The van der Waals surface area contributed by atoms with E-state index in [2.05, 4.69) is 13.1 Å². The van der Waals surface area contributed by atoms with E-state index in [0.717, 1.165) is 95.7 Å². The molecule has 1 saturated heterocycles. The second kappa shape index (κ2) is 20.7. The third-order valence-electron chi connectivity index (χ3n) is 11.5. The molecule has 2 heterocycles. The number of hydrogen-bond donors (Lipinski definition) is 2. The van der Waals surface area contributed by atoms with E-state index in [1.54, 1.807) is 28.4 Å². The highest BCUT2D eigenvalue weighted by atomic mass is 16.5. The van der Waals surface area contributed by atoms with Gasteiger partial charge in [-0.15, -0.1) is 0 Å². The molecule has 5 rings (SSSR count). The lowest BCUT2D eigenvalue weighted by molar-refractivity contribution is -0.947. The molecule has 1 fully saturated rings. The molecule has 0 aliphatic carbocycles. The second-order valence-corrected chi connectivity index (χ2v) is 15.1. The van der Waals surface area contributed by atoms with Gasteiger partial charge in [-0.05, 0) is 58.7 Å². The van der Waals surface area contributed by atoms with E-state index < -0.39 is 11.9 Å². The van der Waals surface area contributed by atoms with Crippen LogP contribution < -0.4 is 18.9 Å². The average molecular weight is 793 g/mol. The van der Waals surface area contributed by atoms with E-state index in [4.69, 9.17) is 33.2 Å². The van der Waals surface area contributed by atoms with Crippen LogP contribution in [-0.4, -0.2) is 126 Å². The first-order chi connectivity index (χ1) is 27.6. The summed E-state index contributed by atoms with van der Waals surface area (Å²) >= 11 is 0. The molecule has 13 heteroatoms. The van der Waals surface area contributed by atoms with Crippen molar-refractivity contribution in [2.45, 2.75) is 51.5 Å². The molecule has 0 spiro atoms. The first kappa shape index (κ1) is 43.5. The van der Waals surface area contributed by atoms with Crippen molar-refractivity contribution in [1.29, 1.82) is 0 Å². The number of ether oxygens (including phenoxy) is 7. The first-order valence-corrected chi connectivity index (χ1v) is 19.7. The molecule has 2 N–H and O–H groups in total. The topological polar surface area (TPSA) is 139 Å². The van der Waals surface area contributed by atoms with Crippen molar-refractivity contribution in [1.82, 2.24) is 0 Å². The van der Waals surface area contributed by atoms with Crippen LogP contribution in [0.3, 0.4) is 0 Å². The van der Waals surface area contributed by atoms with Gasteiger partial charge in [-0.1, -0.05) is 12.1 Å². The van der Waals surface area contributed by atoms with E-state index in [0.29, 0.717) is 60.0 Å². The lowest BCUT2D eigenvalue weighted by Crippen LogP contribution is -2.55. The molecule has 0 unspecified atom stereocenters. The molecule has 0 bridgehead atoms. The van der Waals surface area contributed by atoms with Crippen LogP contribution in [0, 0.1) is 0 Å². The molecule has 2 aliphatic heterocycles. The highest BCUT2D eigenvalue weighted by Crippen LogP contribution is 2.40. The van der Waals surface area contributed by atoms with Crippen molar-refractivity contribution >= 4 is 11.9 Å². The number of quaternary nitrogens is 2. The predicted molar refractivity (Wildman–Crippen MR) is 213 cm³/mol. The van der Waals surface area contributed by atoms with Gasteiger partial charge in [0.1, 0.15) is 25.7 Å². The number of methoxy groups -OCH3 is 4. The second-order valence-electron chi connectivity index (χ2n) is 15.1. The largest absolute Gasteiger partial charge is 0.493 e. The zero-order valence-corrected chi connectivity index (χ0v) is 34.1. The maximum atomic E-state index is 12.6. The van der Waals surface area contributed by atoms with Crippen LogP contribution in [0.15, 0.2) is 60.7 Å². The van der Waals surface area contributed by atoms with Gasteiger partial charge in [0.2, 0.25) is 0 Å². The van der Waals surface area contributed by atoms with Crippen LogP contribution in [0.25, 0.3) is 0 Å². The maximum absolute atomic E-state index is 12.6. The molecule has 3 aromatic rings. The fourth-order valence-electron chi connectivity index (χ4n) is 8.24. The quantitative estimate of drug-likeness (QED) is 0.0726. The van der Waals surface area contributed by atoms with E-state index >= 15 is 0 Å². The van der Waals surface area contributed by atoms with Crippen LogP contribution >= 0.6 is 0 Å². The van der Waals surface area contributed by atoms with Gasteiger partial charge in [0.15, 0.2) is 23.0 Å². The van der Waals surface area contributed by atoms with Gasteiger partial charge >= 0.3 is 11.9 Å². The summed E-state index contributed by atoms with van der Waals surface area (Å²) in [6.45, 7) is 6.35. The molecular weight excluding hydrogens is 732 g/mol. The Morgan fingerprint density at radius 2 is 1.26 bits per heavy atom. The lowest BCUT2D eigenvalue weighted by Gasteiger charge is -2.46. The summed E-state index contributed by atoms with van der Waals surface area (Å²) in [5.41, 5.74) is 5.97. The van der Waals surface area contributed by atoms with Crippen LogP contribution in [-0.2, 0) is 56.4 Å². The number of aliphatic hydroxyl groups excluding tert-OH is 2. The lowest BCUT2D eigenvalue weighted by atomic mass is 9.84. The van der Waals surface area contributed by atoms with Crippen molar-refractivity contribution < 1.29 is 61.9 Å². The van der Waals surface area contributed by atoms with Gasteiger partial charge in [-0.25, -0.2) is 9.59 Å². The Bertz CT molecular complexity index is 1840. The zero-order chi connectivity index (χ0) is 40.8. The van der Waals surface area contributed by atoms with Gasteiger partial charge < -0.3 is 52.3 Å². The SMILES string of the molecule is COc1ccc(C[C@@H]2c3cc(CO)c(CO)cc3CC[N@@+]2(C)CCCOC(=O)C=CC(=O)OCCC[N+]2(Cc3ccc(OC)c(OC)c3)CCOCC2)cc1OC. The summed E-state index contributed by atoms with van der Waals surface area (Å²) in [4.78, 5) is 25.1. The number of aliphatic hydroxyl groups is 2. The van der Waals surface area contributed by atoms with Gasteiger partial charge in [-0.3, -0.25) is 0 Å². The predicted octanol–water partition coefficient (Wildman–Crippen LogP) is 4.46. The number of fused-ring (bicyclic) bond motifs is 1. The zero-order valence-electron chi connectivity index (χ0n) is 34.1. The van der Waals surface area contributed by atoms with Crippen LogP contribution in [0.1, 0.15) is 52.3 Å². The van der Waals surface area contributed by atoms with E-state index in [1.165, 1.54) is 0 Å². The summed E-state index contributed by atoms with van der Waals surface area (Å²) in [5, 5.41) is 20.1. The summed E-state index contributed by atoms with van der Waals surface area (Å²) in [7, 11) is 8.69. The van der Waals surface area contributed by atoms with Gasteiger partial charge in [0, 0.05) is 49.0 Å². The number of rotatable bonds is 20. The summed E-state index contributed by atoms with van der Waals surface area (Å²) in [6, 6.07) is 16.0. The molecule has 0 aromatic heterocycles. The summed E-state index contributed by atoms with van der Waals surface area (Å²) < 4.78 is 40.1. The Labute approximate surface area is 336 Å². The number of benzene rings is 3. The molecular formula is C44H60N2O11+2.